The number of methoxy groups -OCH3 is 2. The van der Waals surface area contributed by atoms with Crippen LogP contribution >= 0.6 is 24.0 Å². The summed E-state index contributed by atoms with van der Waals surface area (Å²) < 4.78 is 16.2. The number of benzene rings is 1. The lowest BCUT2D eigenvalue weighted by Crippen LogP contribution is -2.36. The SMILES string of the molecule is CCNC(=NCc1ccnc(OC)c1)NCc1ccc(C)cc1OCCCOC.I. The third-order valence-corrected chi connectivity index (χ3v) is 4.19. The molecule has 166 valence electrons. The van der Waals surface area contributed by atoms with Gasteiger partial charge in [0.15, 0.2) is 5.96 Å². The van der Waals surface area contributed by atoms with E-state index in [0.717, 1.165) is 35.8 Å². The van der Waals surface area contributed by atoms with Crippen molar-refractivity contribution >= 4 is 29.9 Å². The summed E-state index contributed by atoms with van der Waals surface area (Å²) in [7, 11) is 3.31. The molecule has 2 rings (SSSR count). The van der Waals surface area contributed by atoms with Crippen LogP contribution in [-0.2, 0) is 17.8 Å². The number of aromatic nitrogens is 1. The van der Waals surface area contributed by atoms with E-state index in [4.69, 9.17) is 14.2 Å². The van der Waals surface area contributed by atoms with E-state index in [9.17, 15) is 0 Å². The highest BCUT2D eigenvalue weighted by molar-refractivity contribution is 14.0. The summed E-state index contributed by atoms with van der Waals surface area (Å²) in [4.78, 5) is 8.79. The predicted octanol–water partition coefficient (Wildman–Crippen LogP) is 3.69. The number of pyridine rings is 1. The summed E-state index contributed by atoms with van der Waals surface area (Å²) in [5, 5.41) is 6.66. The van der Waals surface area contributed by atoms with Crippen molar-refractivity contribution in [2.24, 2.45) is 4.99 Å². The van der Waals surface area contributed by atoms with E-state index in [1.165, 1.54) is 5.56 Å². The zero-order valence-corrected chi connectivity index (χ0v) is 20.6. The molecule has 7 nitrogen and oxygen atoms in total. The third kappa shape index (κ3) is 9.17. The van der Waals surface area contributed by atoms with Gasteiger partial charge in [0.2, 0.25) is 5.88 Å². The molecule has 0 unspecified atom stereocenters. The van der Waals surface area contributed by atoms with Gasteiger partial charge in [-0.05, 0) is 37.1 Å². The molecule has 0 saturated heterocycles. The molecule has 1 heterocycles. The molecule has 0 radical (unpaired) electrons. The summed E-state index contributed by atoms with van der Waals surface area (Å²) in [6.07, 6.45) is 2.58. The van der Waals surface area contributed by atoms with Gasteiger partial charge in [-0.25, -0.2) is 9.98 Å². The van der Waals surface area contributed by atoms with Crippen molar-refractivity contribution in [1.29, 1.82) is 0 Å². The highest BCUT2D eigenvalue weighted by Crippen LogP contribution is 2.20. The standard InChI is InChI=1S/C22H32N4O3.HI/c1-5-23-22(25-15-18-9-10-24-21(14-18)28-4)26-16-19-8-7-17(2)13-20(19)29-12-6-11-27-3;/h7-10,13-14H,5-6,11-12,15-16H2,1-4H3,(H2,23,25,26);1H. The number of hydrogen-bond donors (Lipinski definition) is 2. The Hall–Kier alpha value is -2.07. The van der Waals surface area contributed by atoms with Crippen molar-refractivity contribution in [3.8, 4) is 11.6 Å². The van der Waals surface area contributed by atoms with Crippen LogP contribution in [0.1, 0.15) is 30.0 Å². The van der Waals surface area contributed by atoms with Crippen LogP contribution < -0.4 is 20.1 Å². The molecule has 2 N–H and O–H groups in total. The van der Waals surface area contributed by atoms with Gasteiger partial charge in [-0.1, -0.05) is 12.1 Å². The first-order valence-electron chi connectivity index (χ1n) is 9.88. The molecule has 1 aromatic carbocycles. The highest BCUT2D eigenvalue weighted by atomic mass is 127. The van der Waals surface area contributed by atoms with E-state index in [1.807, 2.05) is 19.1 Å². The normalized spacial score (nSPS) is 10.9. The lowest BCUT2D eigenvalue weighted by molar-refractivity contribution is 0.171. The first-order chi connectivity index (χ1) is 14.2. The first-order valence-corrected chi connectivity index (χ1v) is 9.88. The zero-order chi connectivity index (χ0) is 20.9. The van der Waals surface area contributed by atoms with Crippen molar-refractivity contribution in [3.05, 3.63) is 53.2 Å². The maximum atomic E-state index is 5.97. The van der Waals surface area contributed by atoms with Gasteiger partial charge in [0, 0.05) is 51.1 Å². The molecule has 0 saturated carbocycles. The van der Waals surface area contributed by atoms with E-state index in [1.54, 1.807) is 20.4 Å². The van der Waals surface area contributed by atoms with Gasteiger partial charge < -0.3 is 24.8 Å². The minimum absolute atomic E-state index is 0. The number of nitrogens with zero attached hydrogens (tertiary/aromatic N) is 2. The number of hydrogen-bond acceptors (Lipinski definition) is 5. The van der Waals surface area contributed by atoms with E-state index < -0.39 is 0 Å². The van der Waals surface area contributed by atoms with Crippen LogP contribution in [0, 0.1) is 6.92 Å². The fourth-order valence-electron chi connectivity index (χ4n) is 2.68. The quantitative estimate of drug-likeness (QED) is 0.201. The van der Waals surface area contributed by atoms with Gasteiger partial charge >= 0.3 is 0 Å². The summed E-state index contributed by atoms with van der Waals surface area (Å²) in [5.74, 6) is 2.23. The van der Waals surface area contributed by atoms with Crippen LogP contribution in [0.4, 0.5) is 0 Å². The highest BCUT2D eigenvalue weighted by Gasteiger charge is 2.06. The van der Waals surface area contributed by atoms with Gasteiger partial charge in [-0.15, -0.1) is 24.0 Å². The molecular weight excluding hydrogens is 495 g/mol. The second-order valence-corrected chi connectivity index (χ2v) is 6.56. The van der Waals surface area contributed by atoms with Crippen LogP contribution in [0.15, 0.2) is 41.5 Å². The number of halogens is 1. The molecule has 0 aliphatic rings. The molecule has 0 spiro atoms. The van der Waals surface area contributed by atoms with E-state index in [2.05, 4.69) is 45.7 Å². The number of rotatable bonds is 11. The summed E-state index contributed by atoms with van der Waals surface area (Å²) in [5.41, 5.74) is 3.29. The van der Waals surface area contributed by atoms with Gasteiger partial charge in [0.1, 0.15) is 5.75 Å². The second-order valence-electron chi connectivity index (χ2n) is 6.56. The third-order valence-electron chi connectivity index (χ3n) is 4.19. The Bertz CT molecular complexity index is 787. The number of aryl methyl sites for hydroxylation is 1. The van der Waals surface area contributed by atoms with Crippen LogP contribution in [-0.4, -0.2) is 44.9 Å². The number of guanidine groups is 1. The minimum atomic E-state index is 0. The second kappa shape index (κ2) is 14.8. The Morgan fingerprint density at radius 1 is 1.10 bits per heavy atom. The lowest BCUT2D eigenvalue weighted by Gasteiger charge is -2.15. The van der Waals surface area contributed by atoms with Crippen LogP contribution in [0.25, 0.3) is 0 Å². The summed E-state index contributed by atoms with van der Waals surface area (Å²) >= 11 is 0. The lowest BCUT2D eigenvalue weighted by atomic mass is 10.1. The fourth-order valence-corrected chi connectivity index (χ4v) is 2.68. The molecule has 0 aliphatic heterocycles. The summed E-state index contributed by atoms with van der Waals surface area (Å²) in [6, 6.07) is 10.1. The van der Waals surface area contributed by atoms with E-state index in [0.29, 0.717) is 32.2 Å². The topological polar surface area (TPSA) is 77.0 Å². The van der Waals surface area contributed by atoms with Crippen molar-refractivity contribution in [3.63, 3.8) is 0 Å². The van der Waals surface area contributed by atoms with Crippen LogP contribution in [0.2, 0.25) is 0 Å². The first kappa shape index (κ1) is 26.0. The maximum Gasteiger partial charge on any atom is 0.213 e. The molecule has 0 bridgehead atoms. The molecule has 1 aromatic heterocycles. The zero-order valence-electron chi connectivity index (χ0n) is 18.2. The molecule has 0 amide bonds. The fraction of sp³-hybridized carbons (Fsp3) is 0.455. The van der Waals surface area contributed by atoms with Gasteiger partial charge in [0.25, 0.3) is 0 Å². The van der Waals surface area contributed by atoms with Crippen LogP contribution in [0.3, 0.4) is 0 Å². The average molecular weight is 528 g/mol. The Balaban J connectivity index is 0.00000450. The molecule has 0 fully saturated rings. The van der Waals surface area contributed by atoms with Crippen molar-refractivity contribution in [2.75, 3.05) is 34.0 Å². The number of aliphatic imine (C=N–C) groups is 1. The monoisotopic (exact) mass is 528 g/mol. The predicted molar refractivity (Wildman–Crippen MR) is 131 cm³/mol. The average Bonchev–Trinajstić information content (AvgIpc) is 2.74. The maximum absolute atomic E-state index is 5.97. The van der Waals surface area contributed by atoms with Gasteiger partial charge in [-0.2, -0.15) is 0 Å². The largest absolute Gasteiger partial charge is 0.493 e. The molecular formula is C22H33IN4O3. The van der Waals surface area contributed by atoms with Crippen molar-refractivity contribution in [2.45, 2.75) is 33.4 Å². The van der Waals surface area contributed by atoms with Crippen LogP contribution in [0.5, 0.6) is 11.6 Å². The van der Waals surface area contributed by atoms with E-state index >= 15 is 0 Å². The van der Waals surface area contributed by atoms with Crippen molar-refractivity contribution < 1.29 is 14.2 Å². The smallest absolute Gasteiger partial charge is 0.213 e. The number of ether oxygens (including phenoxy) is 3. The Morgan fingerprint density at radius 2 is 1.93 bits per heavy atom. The Labute approximate surface area is 196 Å². The Morgan fingerprint density at radius 3 is 2.67 bits per heavy atom. The molecule has 30 heavy (non-hydrogen) atoms. The Kier molecular flexibility index (Phi) is 12.8. The molecule has 8 heteroatoms. The summed E-state index contributed by atoms with van der Waals surface area (Å²) in [6.45, 7) is 7.35. The van der Waals surface area contributed by atoms with E-state index in [-0.39, 0.29) is 24.0 Å². The molecule has 2 aromatic rings. The van der Waals surface area contributed by atoms with Gasteiger partial charge in [-0.3, -0.25) is 0 Å². The molecule has 0 atom stereocenters. The van der Waals surface area contributed by atoms with Crippen molar-refractivity contribution in [1.82, 2.24) is 15.6 Å². The minimum Gasteiger partial charge on any atom is -0.493 e. The van der Waals surface area contributed by atoms with Gasteiger partial charge in [0.05, 0.1) is 20.3 Å². The molecule has 0 aliphatic carbocycles. The number of nitrogens with one attached hydrogen (secondary N) is 2.